The Labute approximate surface area is 107 Å². The van der Waals surface area contributed by atoms with Crippen LogP contribution in [0.4, 0.5) is 10.1 Å². The Bertz CT molecular complexity index is 391. The SMILES string of the molecule is CCN(CC1CCCO1)c1ccc(F)cc1CO. The summed E-state index contributed by atoms with van der Waals surface area (Å²) >= 11 is 0. The molecule has 0 aromatic heterocycles. The second-order valence-electron chi connectivity index (χ2n) is 4.60. The normalized spacial score (nSPS) is 19.2. The van der Waals surface area contributed by atoms with Crippen LogP contribution in [-0.2, 0) is 11.3 Å². The summed E-state index contributed by atoms with van der Waals surface area (Å²) in [7, 11) is 0. The van der Waals surface area contributed by atoms with Gasteiger partial charge in [-0.2, -0.15) is 0 Å². The predicted molar refractivity (Wildman–Crippen MR) is 69.2 cm³/mol. The number of likely N-dealkylation sites (N-methyl/N-ethyl adjacent to an activating group) is 1. The maximum absolute atomic E-state index is 13.2. The third-order valence-electron chi connectivity index (χ3n) is 3.38. The third-order valence-corrected chi connectivity index (χ3v) is 3.38. The Morgan fingerprint density at radius 1 is 1.50 bits per heavy atom. The average Bonchev–Trinajstić information content (AvgIpc) is 2.89. The molecule has 0 amide bonds. The standard InChI is InChI=1S/C14H20FNO2/c1-2-16(9-13-4-3-7-18-13)14-6-5-12(15)8-11(14)10-17/h5-6,8,13,17H,2-4,7,9-10H2,1H3. The van der Waals surface area contributed by atoms with E-state index in [-0.39, 0.29) is 18.5 Å². The van der Waals surface area contributed by atoms with E-state index in [0.29, 0.717) is 5.56 Å². The second-order valence-corrected chi connectivity index (χ2v) is 4.60. The summed E-state index contributed by atoms with van der Waals surface area (Å²) in [6, 6.07) is 4.57. The van der Waals surface area contributed by atoms with Crippen molar-refractivity contribution in [2.45, 2.75) is 32.5 Å². The molecule has 2 rings (SSSR count). The van der Waals surface area contributed by atoms with E-state index >= 15 is 0 Å². The smallest absolute Gasteiger partial charge is 0.123 e. The fourth-order valence-corrected chi connectivity index (χ4v) is 2.42. The molecule has 1 aliphatic rings. The molecule has 0 spiro atoms. The summed E-state index contributed by atoms with van der Waals surface area (Å²) < 4.78 is 18.8. The highest BCUT2D eigenvalue weighted by atomic mass is 19.1. The number of hydrogen-bond acceptors (Lipinski definition) is 3. The van der Waals surface area contributed by atoms with Crippen molar-refractivity contribution in [3.8, 4) is 0 Å². The first kappa shape index (κ1) is 13.3. The molecule has 1 heterocycles. The van der Waals surface area contributed by atoms with Gasteiger partial charge in [0.25, 0.3) is 0 Å². The summed E-state index contributed by atoms with van der Waals surface area (Å²) in [4.78, 5) is 2.14. The predicted octanol–water partition coefficient (Wildman–Crippen LogP) is 2.32. The topological polar surface area (TPSA) is 32.7 Å². The van der Waals surface area contributed by atoms with E-state index in [4.69, 9.17) is 4.74 Å². The molecule has 3 nitrogen and oxygen atoms in total. The third kappa shape index (κ3) is 3.00. The molecule has 1 N–H and O–H groups in total. The molecule has 18 heavy (non-hydrogen) atoms. The van der Waals surface area contributed by atoms with Gasteiger partial charge in [-0.3, -0.25) is 0 Å². The Hall–Kier alpha value is -1.13. The van der Waals surface area contributed by atoms with Crippen LogP contribution in [0.2, 0.25) is 0 Å². The molecule has 1 aliphatic heterocycles. The molecule has 0 aliphatic carbocycles. The van der Waals surface area contributed by atoms with E-state index in [1.165, 1.54) is 12.1 Å². The highest BCUT2D eigenvalue weighted by Crippen LogP contribution is 2.24. The van der Waals surface area contributed by atoms with Gasteiger partial charge in [0.15, 0.2) is 0 Å². The van der Waals surface area contributed by atoms with Crippen LogP contribution in [0.15, 0.2) is 18.2 Å². The molecule has 1 aromatic rings. The van der Waals surface area contributed by atoms with Crippen LogP contribution in [0.5, 0.6) is 0 Å². The molecule has 1 saturated heterocycles. The van der Waals surface area contributed by atoms with E-state index in [1.54, 1.807) is 6.07 Å². The van der Waals surface area contributed by atoms with Gasteiger partial charge in [0.1, 0.15) is 5.82 Å². The molecule has 1 fully saturated rings. The molecule has 4 heteroatoms. The Morgan fingerprint density at radius 2 is 2.33 bits per heavy atom. The van der Waals surface area contributed by atoms with Gasteiger partial charge in [-0.25, -0.2) is 4.39 Å². The van der Waals surface area contributed by atoms with E-state index in [0.717, 1.165) is 38.2 Å². The first-order valence-electron chi connectivity index (χ1n) is 6.50. The van der Waals surface area contributed by atoms with Crippen molar-refractivity contribution in [1.29, 1.82) is 0 Å². The van der Waals surface area contributed by atoms with Gasteiger partial charge in [0.2, 0.25) is 0 Å². The van der Waals surface area contributed by atoms with Gasteiger partial charge in [0, 0.05) is 30.9 Å². The van der Waals surface area contributed by atoms with E-state index in [9.17, 15) is 9.50 Å². The van der Waals surface area contributed by atoms with E-state index < -0.39 is 0 Å². The van der Waals surface area contributed by atoms with Crippen LogP contribution in [0.25, 0.3) is 0 Å². The molecule has 0 radical (unpaired) electrons. The van der Waals surface area contributed by atoms with Crippen molar-refractivity contribution in [1.82, 2.24) is 0 Å². The minimum Gasteiger partial charge on any atom is -0.392 e. The lowest BCUT2D eigenvalue weighted by Gasteiger charge is -2.27. The number of aliphatic hydroxyl groups is 1. The average molecular weight is 253 g/mol. The molecule has 100 valence electrons. The zero-order valence-electron chi connectivity index (χ0n) is 10.7. The van der Waals surface area contributed by atoms with Crippen LogP contribution >= 0.6 is 0 Å². The Balaban J connectivity index is 2.15. The molecule has 0 saturated carbocycles. The number of hydrogen-bond donors (Lipinski definition) is 1. The number of halogens is 1. The summed E-state index contributed by atoms with van der Waals surface area (Å²) in [5.74, 6) is -0.309. The van der Waals surface area contributed by atoms with Crippen molar-refractivity contribution >= 4 is 5.69 Å². The molecule has 1 atom stereocenters. The van der Waals surface area contributed by atoms with Crippen molar-refractivity contribution < 1.29 is 14.2 Å². The number of rotatable bonds is 5. The monoisotopic (exact) mass is 253 g/mol. The summed E-state index contributed by atoms with van der Waals surface area (Å²) in [5.41, 5.74) is 1.53. The maximum Gasteiger partial charge on any atom is 0.123 e. The number of benzene rings is 1. The summed E-state index contributed by atoms with van der Waals surface area (Å²) in [5, 5.41) is 9.32. The fraction of sp³-hybridized carbons (Fsp3) is 0.571. The second kappa shape index (κ2) is 6.16. The highest BCUT2D eigenvalue weighted by molar-refractivity contribution is 5.53. The minimum atomic E-state index is -0.309. The molecule has 0 bridgehead atoms. The maximum atomic E-state index is 13.2. The van der Waals surface area contributed by atoms with Gasteiger partial charge < -0.3 is 14.7 Å². The molecular formula is C14H20FNO2. The van der Waals surface area contributed by atoms with Gasteiger partial charge in [-0.1, -0.05) is 0 Å². The summed E-state index contributed by atoms with van der Waals surface area (Å²) in [6.45, 7) is 4.36. The van der Waals surface area contributed by atoms with Crippen LogP contribution in [0.1, 0.15) is 25.3 Å². The van der Waals surface area contributed by atoms with Gasteiger partial charge >= 0.3 is 0 Å². The first-order chi connectivity index (χ1) is 8.74. The zero-order chi connectivity index (χ0) is 13.0. The van der Waals surface area contributed by atoms with Gasteiger partial charge in [-0.05, 0) is 38.0 Å². The van der Waals surface area contributed by atoms with Crippen molar-refractivity contribution in [2.75, 3.05) is 24.6 Å². The lowest BCUT2D eigenvalue weighted by atomic mass is 10.1. The number of ether oxygens (including phenoxy) is 1. The summed E-state index contributed by atoms with van der Waals surface area (Å²) in [6.07, 6.45) is 2.44. The molecular weight excluding hydrogens is 233 g/mol. The molecule has 1 aromatic carbocycles. The quantitative estimate of drug-likeness (QED) is 0.874. The Morgan fingerprint density at radius 3 is 2.94 bits per heavy atom. The fourth-order valence-electron chi connectivity index (χ4n) is 2.42. The van der Waals surface area contributed by atoms with Crippen molar-refractivity contribution in [2.24, 2.45) is 0 Å². The minimum absolute atomic E-state index is 0.144. The van der Waals surface area contributed by atoms with Crippen molar-refractivity contribution in [3.63, 3.8) is 0 Å². The van der Waals surface area contributed by atoms with Crippen LogP contribution < -0.4 is 4.90 Å². The number of anilines is 1. The van der Waals surface area contributed by atoms with Crippen LogP contribution in [-0.4, -0.2) is 30.9 Å². The lowest BCUT2D eigenvalue weighted by Crippen LogP contribution is -2.32. The van der Waals surface area contributed by atoms with Gasteiger partial charge in [0.05, 0.1) is 12.7 Å². The Kier molecular flexibility index (Phi) is 4.55. The highest BCUT2D eigenvalue weighted by Gasteiger charge is 2.20. The number of nitrogens with zero attached hydrogens (tertiary/aromatic N) is 1. The molecule has 1 unspecified atom stereocenters. The first-order valence-corrected chi connectivity index (χ1v) is 6.50. The van der Waals surface area contributed by atoms with E-state index in [1.807, 2.05) is 0 Å². The largest absolute Gasteiger partial charge is 0.392 e. The number of aliphatic hydroxyl groups excluding tert-OH is 1. The van der Waals surface area contributed by atoms with Gasteiger partial charge in [-0.15, -0.1) is 0 Å². The van der Waals surface area contributed by atoms with E-state index in [2.05, 4.69) is 11.8 Å². The van der Waals surface area contributed by atoms with Crippen LogP contribution in [0, 0.1) is 5.82 Å². The van der Waals surface area contributed by atoms with Crippen LogP contribution in [0.3, 0.4) is 0 Å². The van der Waals surface area contributed by atoms with Crippen molar-refractivity contribution in [3.05, 3.63) is 29.6 Å². The zero-order valence-corrected chi connectivity index (χ0v) is 10.7. The lowest BCUT2D eigenvalue weighted by molar-refractivity contribution is 0.115.